The van der Waals surface area contributed by atoms with Crippen molar-refractivity contribution in [2.75, 3.05) is 5.73 Å². The van der Waals surface area contributed by atoms with E-state index < -0.39 is 0 Å². The number of nitrogens with two attached hydrogens (primary N) is 1. The number of benzene rings is 2. The smallest absolute Gasteiger partial charge is 0.125 e. The Kier molecular flexibility index (Phi) is 2.40. The van der Waals surface area contributed by atoms with E-state index in [1.807, 2.05) is 23.7 Å². The Morgan fingerprint density at radius 3 is 2.52 bits per heavy atom. The van der Waals surface area contributed by atoms with Crippen molar-refractivity contribution in [2.24, 2.45) is 7.05 Å². The molecule has 0 bridgehead atoms. The van der Waals surface area contributed by atoms with Crippen molar-refractivity contribution < 1.29 is 4.39 Å². The molecule has 0 spiro atoms. The summed E-state index contributed by atoms with van der Waals surface area (Å²) in [5.74, 6) is 0.780. The zero-order chi connectivity index (χ0) is 14.6. The van der Waals surface area contributed by atoms with Crippen molar-refractivity contribution in [1.29, 1.82) is 0 Å². The number of fused-ring (bicyclic) bond motifs is 1. The van der Waals surface area contributed by atoms with Crippen molar-refractivity contribution in [3.8, 4) is 0 Å². The fourth-order valence-corrected chi connectivity index (χ4v) is 3.16. The van der Waals surface area contributed by atoms with Crippen molar-refractivity contribution in [3.63, 3.8) is 0 Å². The average Bonchev–Trinajstić information content (AvgIpc) is 3.21. The van der Waals surface area contributed by atoms with Crippen molar-refractivity contribution in [1.82, 2.24) is 9.55 Å². The number of halogens is 1. The summed E-state index contributed by atoms with van der Waals surface area (Å²) in [7, 11) is 1.96. The van der Waals surface area contributed by atoms with Gasteiger partial charge in [0.25, 0.3) is 0 Å². The SMILES string of the molecule is Cn1c(C2(c3ccc(N)cc3)CC2)nc2ccc(F)cc21. The minimum absolute atomic E-state index is 0.0437. The summed E-state index contributed by atoms with van der Waals surface area (Å²) in [4.78, 5) is 4.75. The Morgan fingerprint density at radius 1 is 1.14 bits per heavy atom. The molecule has 0 unspecified atom stereocenters. The third-order valence-corrected chi connectivity index (χ3v) is 4.48. The Bertz CT molecular complexity index is 829. The minimum atomic E-state index is -0.227. The third kappa shape index (κ3) is 1.75. The van der Waals surface area contributed by atoms with E-state index in [4.69, 9.17) is 10.7 Å². The van der Waals surface area contributed by atoms with E-state index in [1.54, 1.807) is 12.1 Å². The van der Waals surface area contributed by atoms with Crippen LogP contribution < -0.4 is 5.73 Å². The van der Waals surface area contributed by atoms with Crippen LogP contribution in [0.25, 0.3) is 11.0 Å². The van der Waals surface area contributed by atoms with Gasteiger partial charge in [0.1, 0.15) is 11.6 Å². The van der Waals surface area contributed by atoms with E-state index in [1.165, 1.54) is 11.6 Å². The number of aromatic nitrogens is 2. The highest BCUT2D eigenvalue weighted by atomic mass is 19.1. The Balaban J connectivity index is 1.90. The van der Waals surface area contributed by atoms with Crippen molar-refractivity contribution >= 4 is 16.7 Å². The molecule has 0 amide bonds. The summed E-state index contributed by atoms with van der Waals surface area (Å²) in [6.07, 6.45) is 2.13. The van der Waals surface area contributed by atoms with E-state index in [0.29, 0.717) is 0 Å². The van der Waals surface area contributed by atoms with Crippen LogP contribution in [0.2, 0.25) is 0 Å². The summed E-state index contributed by atoms with van der Waals surface area (Å²) >= 11 is 0. The van der Waals surface area contributed by atoms with Crippen molar-refractivity contribution in [2.45, 2.75) is 18.3 Å². The first-order valence-electron chi connectivity index (χ1n) is 7.09. The average molecular weight is 281 g/mol. The van der Waals surface area contributed by atoms with Crippen LogP contribution in [0.1, 0.15) is 24.2 Å². The fraction of sp³-hybridized carbons (Fsp3) is 0.235. The third-order valence-electron chi connectivity index (χ3n) is 4.48. The molecule has 1 aromatic heterocycles. The van der Waals surface area contributed by atoms with Crippen LogP contribution in [0.5, 0.6) is 0 Å². The molecular formula is C17H16FN3. The Morgan fingerprint density at radius 2 is 1.86 bits per heavy atom. The summed E-state index contributed by atoms with van der Waals surface area (Å²) in [6, 6.07) is 12.8. The molecule has 4 heteroatoms. The van der Waals surface area contributed by atoms with Crippen LogP contribution in [0.3, 0.4) is 0 Å². The van der Waals surface area contributed by atoms with E-state index >= 15 is 0 Å². The number of hydrogen-bond donors (Lipinski definition) is 1. The molecule has 1 fully saturated rings. The second-order valence-electron chi connectivity index (χ2n) is 5.83. The molecule has 0 saturated heterocycles. The van der Waals surface area contributed by atoms with Crippen LogP contribution >= 0.6 is 0 Å². The lowest BCUT2D eigenvalue weighted by atomic mass is 9.95. The van der Waals surface area contributed by atoms with Gasteiger partial charge in [0.15, 0.2) is 0 Å². The van der Waals surface area contributed by atoms with Gasteiger partial charge in [0, 0.05) is 12.7 Å². The normalized spacial score (nSPS) is 16.3. The number of anilines is 1. The quantitative estimate of drug-likeness (QED) is 0.732. The van der Waals surface area contributed by atoms with Gasteiger partial charge in [-0.25, -0.2) is 9.37 Å². The summed E-state index contributed by atoms with van der Waals surface area (Å²) in [6.45, 7) is 0. The number of nitrogen functional groups attached to an aromatic ring is 1. The maximum Gasteiger partial charge on any atom is 0.125 e. The zero-order valence-electron chi connectivity index (χ0n) is 11.8. The molecule has 21 heavy (non-hydrogen) atoms. The van der Waals surface area contributed by atoms with Gasteiger partial charge in [-0.05, 0) is 48.7 Å². The van der Waals surface area contributed by atoms with E-state index in [-0.39, 0.29) is 11.2 Å². The van der Waals surface area contributed by atoms with Gasteiger partial charge in [0.05, 0.1) is 16.4 Å². The number of hydrogen-bond acceptors (Lipinski definition) is 2. The van der Waals surface area contributed by atoms with Crippen LogP contribution in [0, 0.1) is 5.82 Å². The minimum Gasteiger partial charge on any atom is -0.399 e. The fourth-order valence-electron chi connectivity index (χ4n) is 3.16. The first-order valence-corrected chi connectivity index (χ1v) is 7.09. The highest BCUT2D eigenvalue weighted by Gasteiger charge is 2.49. The molecule has 4 rings (SSSR count). The first kappa shape index (κ1) is 12.4. The van der Waals surface area contributed by atoms with Gasteiger partial charge in [0.2, 0.25) is 0 Å². The molecule has 106 valence electrons. The number of aryl methyl sites for hydroxylation is 1. The predicted octanol–water partition coefficient (Wildman–Crippen LogP) is 3.37. The second kappa shape index (κ2) is 4.07. The van der Waals surface area contributed by atoms with Gasteiger partial charge in [-0.2, -0.15) is 0 Å². The van der Waals surface area contributed by atoms with E-state index in [9.17, 15) is 4.39 Å². The van der Waals surface area contributed by atoms with Gasteiger partial charge >= 0.3 is 0 Å². The molecule has 2 aromatic carbocycles. The van der Waals surface area contributed by atoms with Gasteiger partial charge in [-0.1, -0.05) is 12.1 Å². The second-order valence-corrected chi connectivity index (χ2v) is 5.83. The molecule has 2 N–H and O–H groups in total. The summed E-state index contributed by atoms with van der Waals surface area (Å²) < 4.78 is 15.5. The summed E-state index contributed by atoms with van der Waals surface area (Å²) in [5, 5.41) is 0. The maximum absolute atomic E-state index is 13.5. The molecule has 0 atom stereocenters. The first-order chi connectivity index (χ1) is 10.1. The standard InChI is InChI=1S/C17H16FN3/c1-21-15-10-12(18)4-7-14(15)20-16(21)17(8-9-17)11-2-5-13(19)6-3-11/h2-7,10H,8-9,19H2,1H3. The maximum atomic E-state index is 13.5. The molecule has 1 aliphatic rings. The lowest BCUT2D eigenvalue weighted by Gasteiger charge is -2.16. The highest BCUT2D eigenvalue weighted by Crippen LogP contribution is 2.53. The molecule has 3 nitrogen and oxygen atoms in total. The molecule has 0 aliphatic heterocycles. The van der Waals surface area contributed by atoms with E-state index in [2.05, 4.69) is 12.1 Å². The number of rotatable bonds is 2. The lowest BCUT2D eigenvalue weighted by Crippen LogP contribution is -2.14. The Hall–Kier alpha value is -2.36. The van der Waals surface area contributed by atoms with Crippen molar-refractivity contribution in [3.05, 3.63) is 59.7 Å². The predicted molar refractivity (Wildman–Crippen MR) is 81.5 cm³/mol. The largest absolute Gasteiger partial charge is 0.399 e. The lowest BCUT2D eigenvalue weighted by molar-refractivity contribution is 0.628. The Labute approximate surface area is 122 Å². The number of imidazole rings is 1. The number of nitrogens with zero attached hydrogens (tertiary/aromatic N) is 2. The highest BCUT2D eigenvalue weighted by molar-refractivity contribution is 5.76. The van der Waals surface area contributed by atoms with Crippen LogP contribution in [0.15, 0.2) is 42.5 Å². The van der Waals surface area contributed by atoms with Gasteiger partial charge in [-0.15, -0.1) is 0 Å². The van der Waals surface area contributed by atoms with Crippen LogP contribution in [-0.4, -0.2) is 9.55 Å². The zero-order valence-corrected chi connectivity index (χ0v) is 11.8. The van der Waals surface area contributed by atoms with Crippen LogP contribution in [0.4, 0.5) is 10.1 Å². The van der Waals surface area contributed by atoms with Crippen LogP contribution in [-0.2, 0) is 12.5 Å². The molecule has 1 heterocycles. The molecule has 0 radical (unpaired) electrons. The topological polar surface area (TPSA) is 43.8 Å². The molecule has 3 aromatic rings. The molecular weight excluding hydrogens is 265 g/mol. The summed E-state index contributed by atoms with van der Waals surface area (Å²) in [5.41, 5.74) is 9.41. The van der Waals surface area contributed by atoms with Gasteiger partial charge in [-0.3, -0.25) is 0 Å². The van der Waals surface area contributed by atoms with E-state index in [0.717, 1.165) is 35.4 Å². The monoisotopic (exact) mass is 281 g/mol. The van der Waals surface area contributed by atoms with Gasteiger partial charge < -0.3 is 10.3 Å². The molecule has 1 saturated carbocycles. The molecule has 1 aliphatic carbocycles.